The van der Waals surface area contributed by atoms with Crippen LogP contribution in [-0.2, 0) is 17.8 Å². The number of halogens is 1. The van der Waals surface area contributed by atoms with Gasteiger partial charge in [-0.15, -0.1) is 0 Å². The molecule has 0 spiro atoms. The lowest BCUT2D eigenvalue weighted by atomic mass is 9.95. The van der Waals surface area contributed by atoms with Gasteiger partial charge in [0.1, 0.15) is 12.4 Å². The van der Waals surface area contributed by atoms with Gasteiger partial charge >= 0.3 is 0 Å². The molecule has 1 atom stereocenters. The summed E-state index contributed by atoms with van der Waals surface area (Å²) in [5, 5.41) is 5.05. The Kier molecular flexibility index (Phi) is 4.86. The molecule has 0 radical (unpaired) electrons. The molecule has 1 aliphatic heterocycles. The highest BCUT2D eigenvalue weighted by atomic mass is 35.5. The average Bonchev–Trinajstić information content (AvgIpc) is 3.16. The summed E-state index contributed by atoms with van der Waals surface area (Å²) in [5.74, 6) is 0.675. The van der Waals surface area contributed by atoms with Crippen LogP contribution in [0.3, 0.4) is 0 Å². The van der Waals surface area contributed by atoms with Gasteiger partial charge < -0.3 is 9.64 Å². The fraction of sp³-hybridized carbons (Fsp3) is 0.238. The van der Waals surface area contributed by atoms with E-state index in [0.717, 1.165) is 22.6 Å². The first-order chi connectivity index (χ1) is 13.1. The van der Waals surface area contributed by atoms with Crippen molar-refractivity contribution < 1.29 is 9.53 Å². The second kappa shape index (κ2) is 7.45. The van der Waals surface area contributed by atoms with Crippen LogP contribution in [0.5, 0.6) is 5.75 Å². The summed E-state index contributed by atoms with van der Waals surface area (Å²) in [6.07, 6.45) is 4.39. The Bertz CT molecular complexity index is 955. The summed E-state index contributed by atoms with van der Waals surface area (Å²) in [7, 11) is 1.82. The maximum Gasteiger partial charge on any atom is 0.229 e. The fourth-order valence-corrected chi connectivity index (χ4v) is 3.54. The predicted octanol–water partition coefficient (Wildman–Crippen LogP) is 3.74. The number of aromatic nitrogens is 2. The molecule has 2 aromatic carbocycles. The molecule has 2 heterocycles. The lowest BCUT2D eigenvalue weighted by Gasteiger charge is -2.28. The van der Waals surface area contributed by atoms with Crippen LogP contribution < -0.4 is 4.74 Å². The summed E-state index contributed by atoms with van der Waals surface area (Å²) < 4.78 is 7.57. The van der Waals surface area contributed by atoms with Gasteiger partial charge in [-0.3, -0.25) is 4.79 Å². The Labute approximate surface area is 163 Å². The number of benzene rings is 2. The second-order valence-corrected chi connectivity index (χ2v) is 7.22. The summed E-state index contributed by atoms with van der Waals surface area (Å²) in [6, 6.07) is 15.4. The summed E-state index contributed by atoms with van der Waals surface area (Å²) in [5.41, 5.74) is 2.96. The van der Waals surface area contributed by atoms with Crippen molar-refractivity contribution in [2.45, 2.75) is 13.0 Å². The van der Waals surface area contributed by atoms with E-state index in [0.29, 0.717) is 24.6 Å². The Hall–Kier alpha value is -2.79. The van der Waals surface area contributed by atoms with Gasteiger partial charge in [0.2, 0.25) is 5.91 Å². The van der Waals surface area contributed by atoms with Crippen LogP contribution in [0.25, 0.3) is 5.69 Å². The third-order valence-electron chi connectivity index (χ3n) is 4.73. The Morgan fingerprint density at radius 1 is 1.30 bits per heavy atom. The minimum atomic E-state index is -0.204. The molecule has 0 N–H and O–H groups in total. The van der Waals surface area contributed by atoms with E-state index in [9.17, 15) is 4.79 Å². The summed E-state index contributed by atoms with van der Waals surface area (Å²) >= 11 is 6.07. The average molecular weight is 382 g/mol. The molecule has 0 aliphatic carbocycles. The van der Waals surface area contributed by atoms with Crippen LogP contribution in [0.2, 0.25) is 5.02 Å². The highest BCUT2D eigenvalue weighted by Gasteiger charge is 2.28. The topological polar surface area (TPSA) is 47.4 Å². The van der Waals surface area contributed by atoms with Crippen molar-refractivity contribution in [1.82, 2.24) is 14.7 Å². The molecule has 1 aromatic heterocycles. The number of hydrogen-bond donors (Lipinski definition) is 0. The molecule has 4 rings (SSSR count). The van der Waals surface area contributed by atoms with Crippen molar-refractivity contribution in [3.63, 3.8) is 0 Å². The molecule has 0 bridgehead atoms. The van der Waals surface area contributed by atoms with Gasteiger partial charge in [0.25, 0.3) is 0 Å². The first-order valence-electron chi connectivity index (χ1n) is 8.85. The smallest absolute Gasteiger partial charge is 0.229 e. The maximum atomic E-state index is 12.9. The van der Waals surface area contributed by atoms with Crippen LogP contribution in [0.4, 0.5) is 0 Å². The van der Waals surface area contributed by atoms with Gasteiger partial charge in [-0.25, -0.2) is 4.68 Å². The van der Waals surface area contributed by atoms with Crippen LogP contribution in [0, 0.1) is 5.92 Å². The third-order valence-corrected chi connectivity index (χ3v) is 4.97. The summed E-state index contributed by atoms with van der Waals surface area (Å²) in [4.78, 5) is 14.6. The number of carbonyl (C=O) groups is 1. The molecule has 27 heavy (non-hydrogen) atoms. The molecular formula is C21H20ClN3O2. The molecule has 1 aliphatic rings. The van der Waals surface area contributed by atoms with E-state index in [1.165, 1.54) is 0 Å². The van der Waals surface area contributed by atoms with E-state index in [1.807, 2.05) is 60.4 Å². The lowest BCUT2D eigenvalue weighted by molar-refractivity contribution is -0.136. The largest absolute Gasteiger partial charge is 0.492 e. The van der Waals surface area contributed by atoms with Crippen molar-refractivity contribution in [1.29, 1.82) is 0 Å². The molecule has 0 saturated carbocycles. The van der Waals surface area contributed by atoms with E-state index in [1.54, 1.807) is 17.2 Å². The normalized spacial score (nSPS) is 15.7. The number of fused-ring (bicyclic) bond motifs is 1. The number of nitrogens with zero attached hydrogens (tertiary/aromatic N) is 3. The minimum Gasteiger partial charge on any atom is -0.492 e. The van der Waals surface area contributed by atoms with E-state index in [4.69, 9.17) is 16.3 Å². The van der Waals surface area contributed by atoms with Crippen LogP contribution in [0.15, 0.2) is 60.9 Å². The van der Waals surface area contributed by atoms with Gasteiger partial charge in [-0.05, 0) is 42.3 Å². The fourth-order valence-electron chi connectivity index (χ4n) is 3.35. The number of para-hydroxylation sites is 1. The molecule has 5 nitrogen and oxygen atoms in total. The summed E-state index contributed by atoms with van der Waals surface area (Å²) in [6.45, 7) is 0.894. The SMILES string of the molecule is CN(Cc1cnn(-c2ccccc2)c1)C(=O)C1COc2ccc(Cl)cc2C1. The van der Waals surface area contributed by atoms with Crippen LogP contribution >= 0.6 is 11.6 Å². The van der Waals surface area contributed by atoms with Gasteiger partial charge in [0.05, 0.1) is 17.8 Å². The Morgan fingerprint density at radius 2 is 2.11 bits per heavy atom. The van der Waals surface area contributed by atoms with E-state index in [-0.39, 0.29) is 11.8 Å². The standard InChI is InChI=1S/C21H20ClN3O2/c1-24(12-15-11-23-25(13-15)19-5-3-2-4-6-19)21(26)17-9-16-10-18(22)7-8-20(16)27-14-17/h2-8,10-11,13,17H,9,12,14H2,1H3. The maximum absolute atomic E-state index is 12.9. The monoisotopic (exact) mass is 381 g/mol. The lowest BCUT2D eigenvalue weighted by Crippen LogP contribution is -2.38. The van der Waals surface area contributed by atoms with Crippen molar-refractivity contribution >= 4 is 17.5 Å². The van der Waals surface area contributed by atoms with E-state index < -0.39 is 0 Å². The van der Waals surface area contributed by atoms with Crippen LogP contribution in [0.1, 0.15) is 11.1 Å². The van der Waals surface area contributed by atoms with Gasteiger partial charge in [-0.2, -0.15) is 5.10 Å². The zero-order valence-corrected chi connectivity index (χ0v) is 15.8. The number of carbonyl (C=O) groups excluding carboxylic acids is 1. The molecule has 1 amide bonds. The minimum absolute atomic E-state index is 0.0630. The number of rotatable bonds is 4. The molecule has 138 valence electrons. The Balaban J connectivity index is 1.42. The third kappa shape index (κ3) is 3.83. The number of amides is 1. The number of ether oxygens (including phenoxy) is 1. The van der Waals surface area contributed by atoms with Gasteiger partial charge in [-0.1, -0.05) is 29.8 Å². The molecule has 0 saturated heterocycles. The second-order valence-electron chi connectivity index (χ2n) is 6.79. The van der Waals surface area contributed by atoms with Gasteiger partial charge in [0, 0.05) is 30.4 Å². The Morgan fingerprint density at radius 3 is 2.93 bits per heavy atom. The highest BCUT2D eigenvalue weighted by Crippen LogP contribution is 2.30. The zero-order valence-electron chi connectivity index (χ0n) is 15.0. The first kappa shape index (κ1) is 17.6. The van der Waals surface area contributed by atoms with E-state index in [2.05, 4.69) is 5.10 Å². The van der Waals surface area contributed by atoms with Gasteiger partial charge in [0.15, 0.2) is 0 Å². The quantitative estimate of drug-likeness (QED) is 0.691. The van der Waals surface area contributed by atoms with Crippen molar-refractivity contribution in [3.05, 3.63) is 77.1 Å². The molecule has 3 aromatic rings. The van der Waals surface area contributed by atoms with Crippen LogP contribution in [-0.4, -0.2) is 34.2 Å². The molecule has 6 heteroatoms. The van der Waals surface area contributed by atoms with Crippen molar-refractivity contribution in [2.75, 3.05) is 13.7 Å². The highest BCUT2D eigenvalue weighted by molar-refractivity contribution is 6.30. The van der Waals surface area contributed by atoms with Crippen molar-refractivity contribution in [3.8, 4) is 11.4 Å². The first-order valence-corrected chi connectivity index (χ1v) is 9.23. The molecule has 1 unspecified atom stereocenters. The number of hydrogen-bond acceptors (Lipinski definition) is 3. The molecular weight excluding hydrogens is 362 g/mol. The van der Waals surface area contributed by atoms with Crippen molar-refractivity contribution in [2.24, 2.45) is 5.92 Å². The van der Waals surface area contributed by atoms with E-state index >= 15 is 0 Å². The molecule has 0 fully saturated rings. The predicted molar refractivity (Wildman–Crippen MR) is 104 cm³/mol. The zero-order chi connectivity index (χ0) is 18.8.